The summed E-state index contributed by atoms with van der Waals surface area (Å²) in [5.74, 6) is 0.651. The van der Waals surface area contributed by atoms with E-state index in [1.165, 1.54) is 0 Å². The molecule has 0 aliphatic carbocycles. The Morgan fingerprint density at radius 1 is 0.386 bits per heavy atom. The zero-order valence-electron chi connectivity index (χ0n) is 31.0. The van der Waals surface area contributed by atoms with E-state index < -0.39 is 0 Å². The first-order chi connectivity index (χ1) is 28.1. The van der Waals surface area contributed by atoms with Crippen LogP contribution in [0.15, 0.2) is 191 Å². The van der Waals surface area contributed by atoms with Crippen LogP contribution in [0.2, 0.25) is 0 Å². The molecule has 11 aromatic rings. The van der Waals surface area contributed by atoms with Gasteiger partial charge in [-0.2, -0.15) is 0 Å². The van der Waals surface area contributed by atoms with Crippen molar-refractivity contribution in [3.63, 3.8) is 0 Å². The van der Waals surface area contributed by atoms with Gasteiger partial charge in [0.25, 0.3) is 0 Å². The molecule has 7 aromatic carbocycles. The normalized spacial score (nSPS) is 11.6. The number of pyridine rings is 1. The lowest BCUT2D eigenvalue weighted by atomic mass is 9.93. The third-order valence-corrected chi connectivity index (χ3v) is 10.9. The standard InChI is InChI=1S/C52H33N3O2/c1-32-26-34(23-24-39(32)35-14-11-25-53-31-35)52-54-46(33-12-3-2-4-13-33)30-47(55-52)38-28-36(40-17-9-19-44-42-15-5-7-21-48(42)56-50(40)44)27-37(29-38)41-18-10-20-45-43-16-6-8-22-49(43)57-51(41)45/h2-31H,1H3. The highest BCUT2D eigenvalue weighted by molar-refractivity contribution is 6.11. The largest absolute Gasteiger partial charge is 0.455 e. The van der Waals surface area contributed by atoms with E-state index in [4.69, 9.17) is 18.8 Å². The smallest absolute Gasteiger partial charge is 0.160 e. The van der Waals surface area contributed by atoms with Crippen LogP contribution in [-0.4, -0.2) is 15.0 Å². The zero-order chi connectivity index (χ0) is 37.9. The van der Waals surface area contributed by atoms with E-state index in [1.807, 2.05) is 54.7 Å². The van der Waals surface area contributed by atoms with Crippen LogP contribution in [0.25, 0.3) is 111 Å². The molecule has 4 aromatic heterocycles. The van der Waals surface area contributed by atoms with Crippen molar-refractivity contribution >= 4 is 43.9 Å². The van der Waals surface area contributed by atoms with Crippen LogP contribution in [0.3, 0.4) is 0 Å². The van der Waals surface area contributed by atoms with Crippen LogP contribution in [0.5, 0.6) is 0 Å². The minimum absolute atomic E-state index is 0.651. The molecule has 0 unspecified atom stereocenters. The number of hydrogen-bond acceptors (Lipinski definition) is 5. The van der Waals surface area contributed by atoms with Gasteiger partial charge < -0.3 is 8.83 Å². The fourth-order valence-electron chi connectivity index (χ4n) is 8.17. The molecule has 0 radical (unpaired) electrons. The Labute approximate surface area is 328 Å². The highest BCUT2D eigenvalue weighted by Crippen LogP contribution is 2.42. The second kappa shape index (κ2) is 13.3. The van der Waals surface area contributed by atoms with Crippen molar-refractivity contribution in [3.05, 3.63) is 188 Å². The fourth-order valence-corrected chi connectivity index (χ4v) is 8.17. The number of fused-ring (bicyclic) bond motifs is 6. The topological polar surface area (TPSA) is 65.0 Å². The number of furan rings is 2. The highest BCUT2D eigenvalue weighted by atomic mass is 16.3. The first-order valence-corrected chi connectivity index (χ1v) is 19.1. The number of aryl methyl sites for hydroxylation is 1. The van der Waals surface area contributed by atoms with E-state index in [0.29, 0.717) is 5.82 Å². The lowest BCUT2D eigenvalue weighted by molar-refractivity contribution is 0.670. The van der Waals surface area contributed by atoms with Crippen molar-refractivity contribution in [1.82, 2.24) is 15.0 Å². The van der Waals surface area contributed by atoms with Gasteiger partial charge in [-0.1, -0.05) is 121 Å². The van der Waals surface area contributed by atoms with E-state index >= 15 is 0 Å². The monoisotopic (exact) mass is 731 g/mol. The van der Waals surface area contributed by atoms with Gasteiger partial charge in [-0.15, -0.1) is 0 Å². The third-order valence-electron chi connectivity index (χ3n) is 10.9. The maximum absolute atomic E-state index is 6.60. The van der Waals surface area contributed by atoms with Crippen molar-refractivity contribution in [2.24, 2.45) is 0 Å². The molecule has 0 fully saturated rings. The number of aromatic nitrogens is 3. The summed E-state index contributed by atoms with van der Waals surface area (Å²) in [6.45, 7) is 2.13. The van der Waals surface area contributed by atoms with Crippen LogP contribution in [0.4, 0.5) is 0 Å². The summed E-state index contributed by atoms with van der Waals surface area (Å²) in [4.78, 5) is 14.9. The lowest BCUT2D eigenvalue weighted by Gasteiger charge is -2.14. The first-order valence-electron chi connectivity index (χ1n) is 19.1. The van der Waals surface area contributed by atoms with Crippen LogP contribution < -0.4 is 0 Å². The van der Waals surface area contributed by atoms with E-state index in [2.05, 4.69) is 133 Å². The Morgan fingerprint density at radius 2 is 0.947 bits per heavy atom. The minimum Gasteiger partial charge on any atom is -0.455 e. The van der Waals surface area contributed by atoms with Crippen LogP contribution in [-0.2, 0) is 0 Å². The molecule has 0 atom stereocenters. The Morgan fingerprint density at radius 3 is 1.56 bits per heavy atom. The second-order valence-corrected chi connectivity index (χ2v) is 14.5. The van der Waals surface area contributed by atoms with Gasteiger partial charge in [-0.25, -0.2) is 9.97 Å². The minimum atomic E-state index is 0.651. The number of rotatable bonds is 6. The summed E-state index contributed by atoms with van der Waals surface area (Å²) in [6.07, 6.45) is 3.70. The predicted molar refractivity (Wildman–Crippen MR) is 232 cm³/mol. The van der Waals surface area contributed by atoms with Gasteiger partial charge in [0.1, 0.15) is 22.3 Å². The summed E-state index contributed by atoms with van der Waals surface area (Å²) in [6, 6.07) is 58.8. The fraction of sp³-hybridized carbons (Fsp3) is 0.0192. The molecule has 4 heterocycles. The van der Waals surface area contributed by atoms with Crippen molar-refractivity contribution in [2.75, 3.05) is 0 Å². The summed E-state index contributed by atoms with van der Waals surface area (Å²) in [7, 11) is 0. The molecule has 0 aliphatic heterocycles. The van der Waals surface area contributed by atoms with Gasteiger partial charge >= 0.3 is 0 Å². The SMILES string of the molecule is Cc1cc(-c2nc(-c3ccccc3)cc(-c3cc(-c4cccc5c4oc4ccccc45)cc(-c4cccc5c4oc4ccccc45)c3)n2)ccc1-c1cccnc1. The number of para-hydroxylation sites is 4. The quantitative estimate of drug-likeness (QED) is 0.170. The molecule has 5 heteroatoms. The number of nitrogens with zero attached hydrogens (tertiary/aromatic N) is 3. The van der Waals surface area contributed by atoms with Crippen molar-refractivity contribution in [2.45, 2.75) is 6.92 Å². The van der Waals surface area contributed by atoms with Crippen LogP contribution in [0.1, 0.15) is 5.56 Å². The molecule has 11 rings (SSSR count). The lowest BCUT2D eigenvalue weighted by Crippen LogP contribution is -1.97. The van der Waals surface area contributed by atoms with Crippen molar-refractivity contribution in [1.29, 1.82) is 0 Å². The molecule has 268 valence electrons. The van der Waals surface area contributed by atoms with Gasteiger partial charge in [-0.3, -0.25) is 4.98 Å². The molecule has 0 N–H and O–H groups in total. The number of hydrogen-bond donors (Lipinski definition) is 0. The van der Waals surface area contributed by atoms with Crippen molar-refractivity contribution in [3.8, 4) is 67.3 Å². The average Bonchev–Trinajstić information content (AvgIpc) is 3.85. The average molecular weight is 732 g/mol. The van der Waals surface area contributed by atoms with Gasteiger partial charge in [0.05, 0.1) is 11.4 Å². The molecule has 57 heavy (non-hydrogen) atoms. The third kappa shape index (κ3) is 5.68. The molecule has 0 saturated carbocycles. The Bertz CT molecular complexity index is 3180. The Kier molecular flexibility index (Phi) is 7.64. The Balaban J connectivity index is 1.16. The van der Waals surface area contributed by atoms with E-state index in [9.17, 15) is 0 Å². The molecule has 5 nitrogen and oxygen atoms in total. The summed E-state index contributed by atoms with van der Waals surface area (Å²) in [5.41, 5.74) is 15.3. The first kappa shape index (κ1) is 32.8. The molecule has 0 amide bonds. The molecule has 0 bridgehead atoms. The van der Waals surface area contributed by atoms with Crippen LogP contribution >= 0.6 is 0 Å². The van der Waals surface area contributed by atoms with Crippen LogP contribution in [0, 0.1) is 6.92 Å². The number of benzene rings is 7. The maximum atomic E-state index is 6.60. The van der Waals surface area contributed by atoms with E-state index in [1.54, 1.807) is 6.20 Å². The van der Waals surface area contributed by atoms with Gasteiger partial charge in [0.15, 0.2) is 5.82 Å². The molecule has 0 aliphatic rings. The maximum Gasteiger partial charge on any atom is 0.160 e. The zero-order valence-corrected chi connectivity index (χ0v) is 31.0. The molecule has 0 saturated heterocycles. The summed E-state index contributed by atoms with van der Waals surface area (Å²) in [5, 5.41) is 4.34. The van der Waals surface area contributed by atoms with E-state index in [0.717, 1.165) is 111 Å². The molecular weight excluding hydrogens is 699 g/mol. The van der Waals surface area contributed by atoms with Gasteiger partial charge in [0.2, 0.25) is 0 Å². The molecular formula is C52H33N3O2. The van der Waals surface area contributed by atoms with Crippen molar-refractivity contribution < 1.29 is 8.83 Å². The van der Waals surface area contributed by atoms with Gasteiger partial charge in [0, 0.05) is 67.3 Å². The van der Waals surface area contributed by atoms with Gasteiger partial charge in [-0.05, 0) is 77.7 Å². The Hall–Kier alpha value is -7.63. The predicted octanol–water partition coefficient (Wildman–Crippen LogP) is 14.0. The summed E-state index contributed by atoms with van der Waals surface area (Å²) >= 11 is 0. The molecule has 0 spiro atoms. The highest BCUT2D eigenvalue weighted by Gasteiger charge is 2.19. The van der Waals surface area contributed by atoms with E-state index in [-0.39, 0.29) is 0 Å². The second-order valence-electron chi connectivity index (χ2n) is 14.5. The summed E-state index contributed by atoms with van der Waals surface area (Å²) < 4.78 is 13.2.